The topological polar surface area (TPSA) is 52.7 Å². The summed E-state index contributed by atoms with van der Waals surface area (Å²) in [5.41, 5.74) is 3.76. The number of para-hydroxylation sites is 1. The predicted octanol–water partition coefficient (Wildman–Crippen LogP) is 3.02. The molecular weight excluding hydrogens is 326 g/mol. The van der Waals surface area contributed by atoms with Crippen LogP contribution in [0, 0.1) is 6.92 Å². The second-order valence-corrected chi connectivity index (χ2v) is 7.02. The van der Waals surface area contributed by atoms with E-state index in [4.69, 9.17) is 0 Å². The Kier molecular flexibility index (Phi) is 5.38. The predicted molar refractivity (Wildman–Crippen MR) is 105 cm³/mol. The van der Waals surface area contributed by atoms with Gasteiger partial charge in [-0.1, -0.05) is 35.9 Å². The lowest BCUT2D eigenvalue weighted by molar-refractivity contribution is -0.123. The second kappa shape index (κ2) is 7.70. The summed E-state index contributed by atoms with van der Waals surface area (Å²) in [7, 11) is 3.97. The lowest BCUT2D eigenvalue weighted by Gasteiger charge is -2.20. The van der Waals surface area contributed by atoms with Crippen molar-refractivity contribution >= 4 is 23.2 Å². The van der Waals surface area contributed by atoms with Gasteiger partial charge >= 0.3 is 0 Å². The molecule has 26 heavy (non-hydrogen) atoms. The van der Waals surface area contributed by atoms with E-state index in [0.717, 1.165) is 29.0 Å². The minimum atomic E-state index is -0.418. The van der Waals surface area contributed by atoms with Crippen molar-refractivity contribution < 1.29 is 9.59 Å². The van der Waals surface area contributed by atoms with Crippen LogP contribution in [0.4, 0.5) is 11.4 Å². The third kappa shape index (κ3) is 3.94. The Morgan fingerprint density at radius 1 is 1.12 bits per heavy atom. The molecule has 2 aromatic rings. The number of aryl methyl sites for hydroxylation is 1. The Balaban J connectivity index is 1.73. The Morgan fingerprint density at radius 3 is 2.50 bits per heavy atom. The molecule has 1 aliphatic heterocycles. The number of fused-ring (bicyclic) bond motifs is 1. The molecule has 1 unspecified atom stereocenters. The molecule has 0 bridgehead atoms. The molecule has 0 aliphatic carbocycles. The maximum atomic E-state index is 12.9. The van der Waals surface area contributed by atoms with E-state index in [2.05, 4.69) is 5.32 Å². The zero-order chi connectivity index (χ0) is 18.7. The van der Waals surface area contributed by atoms with Crippen molar-refractivity contribution in [1.82, 2.24) is 4.90 Å². The van der Waals surface area contributed by atoms with Gasteiger partial charge in [-0.15, -0.1) is 0 Å². The molecule has 0 aromatic heterocycles. The smallest absolute Gasteiger partial charge is 0.235 e. The van der Waals surface area contributed by atoms with Gasteiger partial charge in [0.15, 0.2) is 0 Å². The number of carbonyl (C=O) groups is 2. The number of benzene rings is 2. The summed E-state index contributed by atoms with van der Waals surface area (Å²) in [6.45, 7) is 3.41. The average molecular weight is 351 g/mol. The van der Waals surface area contributed by atoms with E-state index < -0.39 is 5.92 Å². The molecule has 2 amide bonds. The largest absolute Gasteiger partial charge is 0.326 e. The number of amides is 2. The van der Waals surface area contributed by atoms with E-state index in [1.54, 1.807) is 4.90 Å². The van der Waals surface area contributed by atoms with Crippen LogP contribution >= 0.6 is 0 Å². The Hall–Kier alpha value is -2.66. The minimum Gasteiger partial charge on any atom is -0.326 e. The van der Waals surface area contributed by atoms with Gasteiger partial charge in [0.05, 0.1) is 5.92 Å². The zero-order valence-corrected chi connectivity index (χ0v) is 15.5. The minimum absolute atomic E-state index is 0.00658. The molecule has 0 radical (unpaired) electrons. The molecule has 136 valence electrons. The summed E-state index contributed by atoms with van der Waals surface area (Å²) in [6.07, 6.45) is 0.155. The summed E-state index contributed by atoms with van der Waals surface area (Å²) in [5, 5.41) is 2.89. The number of anilines is 2. The molecule has 0 spiro atoms. The molecule has 5 nitrogen and oxygen atoms in total. The SMILES string of the molecule is Cc1ccc(NC(=O)CC2C(=O)N(CCN(C)C)c3ccccc32)cc1. The number of rotatable bonds is 6. The van der Waals surface area contributed by atoms with Crippen LogP contribution in [0.3, 0.4) is 0 Å². The van der Waals surface area contributed by atoms with Crippen LogP contribution in [0.2, 0.25) is 0 Å². The molecule has 2 aromatic carbocycles. The molecule has 0 saturated carbocycles. The second-order valence-electron chi connectivity index (χ2n) is 7.02. The highest BCUT2D eigenvalue weighted by Gasteiger charge is 2.37. The van der Waals surface area contributed by atoms with E-state index in [1.165, 1.54) is 0 Å². The highest BCUT2D eigenvalue weighted by atomic mass is 16.2. The number of likely N-dealkylation sites (N-methyl/N-ethyl adjacent to an activating group) is 1. The maximum Gasteiger partial charge on any atom is 0.235 e. The quantitative estimate of drug-likeness (QED) is 0.870. The van der Waals surface area contributed by atoms with Crippen molar-refractivity contribution in [2.24, 2.45) is 0 Å². The number of nitrogens with one attached hydrogen (secondary N) is 1. The number of hydrogen-bond acceptors (Lipinski definition) is 3. The van der Waals surface area contributed by atoms with Crippen LogP contribution in [-0.2, 0) is 9.59 Å². The average Bonchev–Trinajstić information content (AvgIpc) is 2.87. The highest BCUT2D eigenvalue weighted by molar-refractivity contribution is 6.07. The van der Waals surface area contributed by atoms with Crippen LogP contribution in [0.25, 0.3) is 0 Å². The van der Waals surface area contributed by atoms with Gasteiger partial charge in [0.25, 0.3) is 0 Å². The van der Waals surface area contributed by atoms with Crippen molar-refractivity contribution in [3.05, 3.63) is 59.7 Å². The van der Waals surface area contributed by atoms with Crippen LogP contribution in [0.15, 0.2) is 48.5 Å². The number of carbonyl (C=O) groups excluding carboxylic acids is 2. The summed E-state index contributed by atoms with van der Waals surface area (Å²) in [4.78, 5) is 29.3. The summed E-state index contributed by atoms with van der Waals surface area (Å²) >= 11 is 0. The maximum absolute atomic E-state index is 12.9. The molecule has 5 heteroatoms. The van der Waals surface area contributed by atoms with Crippen molar-refractivity contribution in [3.63, 3.8) is 0 Å². The van der Waals surface area contributed by atoms with Crippen LogP contribution < -0.4 is 10.2 Å². The Labute approximate surface area is 154 Å². The van der Waals surface area contributed by atoms with Gasteiger partial charge in [0, 0.05) is 30.9 Å². The first-order valence-electron chi connectivity index (χ1n) is 8.87. The van der Waals surface area contributed by atoms with Crippen molar-refractivity contribution in [2.45, 2.75) is 19.3 Å². The van der Waals surface area contributed by atoms with Gasteiger partial charge in [-0.2, -0.15) is 0 Å². The van der Waals surface area contributed by atoms with Crippen molar-refractivity contribution in [1.29, 1.82) is 0 Å². The van der Waals surface area contributed by atoms with E-state index in [9.17, 15) is 9.59 Å². The molecule has 0 fully saturated rings. The first-order chi connectivity index (χ1) is 12.5. The normalized spacial score (nSPS) is 16.1. The Morgan fingerprint density at radius 2 is 1.81 bits per heavy atom. The molecule has 1 aliphatic rings. The molecular formula is C21H25N3O2. The third-order valence-electron chi connectivity index (χ3n) is 4.66. The lowest BCUT2D eigenvalue weighted by atomic mass is 9.97. The monoisotopic (exact) mass is 351 g/mol. The molecule has 3 rings (SSSR count). The lowest BCUT2D eigenvalue weighted by Crippen LogP contribution is -2.35. The molecule has 1 N–H and O–H groups in total. The fourth-order valence-electron chi connectivity index (χ4n) is 3.23. The van der Waals surface area contributed by atoms with Gasteiger partial charge in [-0.05, 0) is 44.8 Å². The first kappa shape index (κ1) is 18.1. The summed E-state index contributed by atoms with van der Waals surface area (Å²) in [6, 6.07) is 15.4. The molecule has 0 saturated heterocycles. The zero-order valence-electron chi connectivity index (χ0n) is 15.5. The summed E-state index contributed by atoms with van der Waals surface area (Å²) in [5.74, 6) is -0.553. The third-order valence-corrected chi connectivity index (χ3v) is 4.66. The summed E-state index contributed by atoms with van der Waals surface area (Å²) < 4.78 is 0. The van der Waals surface area contributed by atoms with Crippen molar-refractivity contribution in [2.75, 3.05) is 37.4 Å². The number of nitrogens with zero attached hydrogens (tertiary/aromatic N) is 2. The van der Waals surface area contributed by atoms with Crippen LogP contribution in [-0.4, -0.2) is 43.9 Å². The van der Waals surface area contributed by atoms with Gasteiger partial charge in [0.2, 0.25) is 11.8 Å². The fourth-order valence-corrected chi connectivity index (χ4v) is 3.23. The standard InChI is InChI=1S/C21H25N3O2/c1-15-8-10-16(11-9-15)22-20(25)14-18-17-6-4-5-7-19(17)24(21(18)26)13-12-23(2)3/h4-11,18H,12-14H2,1-3H3,(H,22,25). The van der Waals surface area contributed by atoms with Gasteiger partial charge in [-0.25, -0.2) is 0 Å². The highest BCUT2D eigenvalue weighted by Crippen LogP contribution is 2.39. The van der Waals surface area contributed by atoms with Gasteiger partial charge < -0.3 is 15.1 Å². The molecule has 1 heterocycles. The van der Waals surface area contributed by atoms with Crippen molar-refractivity contribution in [3.8, 4) is 0 Å². The van der Waals surface area contributed by atoms with Crippen LogP contribution in [0.1, 0.15) is 23.5 Å². The van der Waals surface area contributed by atoms with Crippen LogP contribution in [0.5, 0.6) is 0 Å². The van der Waals surface area contributed by atoms with E-state index in [1.807, 2.05) is 74.4 Å². The Bertz CT molecular complexity index is 799. The van der Waals surface area contributed by atoms with E-state index in [0.29, 0.717) is 6.54 Å². The fraction of sp³-hybridized carbons (Fsp3) is 0.333. The first-order valence-corrected chi connectivity index (χ1v) is 8.87. The molecule has 1 atom stereocenters. The van der Waals surface area contributed by atoms with E-state index in [-0.39, 0.29) is 18.2 Å². The van der Waals surface area contributed by atoms with E-state index >= 15 is 0 Å². The van der Waals surface area contributed by atoms with Gasteiger partial charge in [0.1, 0.15) is 0 Å². The van der Waals surface area contributed by atoms with Gasteiger partial charge in [-0.3, -0.25) is 9.59 Å². The number of hydrogen-bond donors (Lipinski definition) is 1.